The van der Waals surface area contributed by atoms with E-state index in [4.69, 9.17) is 0 Å². The molecule has 32 heavy (non-hydrogen) atoms. The summed E-state index contributed by atoms with van der Waals surface area (Å²) in [5, 5.41) is 7.84. The van der Waals surface area contributed by atoms with Gasteiger partial charge < -0.3 is 10.2 Å². The SMILES string of the molecule is Cn1nc(CC(=O)Nc2cc(C(F)(F)F)ccc2N2CCCCC2)c2ccccc2c1=O. The van der Waals surface area contributed by atoms with E-state index in [0.717, 1.165) is 49.2 Å². The third kappa shape index (κ3) is 4.46. The van der Waals surface area contributed by atoms with Crippen molar-refractivity contribution in [2.24, 2.45) is 7.05 Å². The quantitative estimate of drug-likeness (QED) is 0.657. The average molecular weight is 444 g/mol. The number of alkyl halides is 3. The van der Waals surface area contributed by atoms with Crippen LogP contribution in [0.4, 0.5) is 24.5 Å². The van der Waals surface area contributed by atoms with E-state index in [2.05, 4.69) is 10.4 Å². The first-order chi connectivity index (χ1) is 15.2. The molecule has 0 spiro atoms. The van der Waals surface area contributed by atoms with E-state index in [-0.39, 0.29) is 17.7 Å². The van der Waals surface area contributed by atoms with Crippen molar-refractivity contribution in [3.05, 3.63) is 64.1 Å². The maximum absolute atomic E-state index is 13.3. The predicted molar refractivity (Wildman–Crippen MR) is 117 cm³/mol. The van der Waals surface area contributed by atoms with Crippen molar-refractivity contribution in [1.29, 1.82) is 0 Å². The normalized spacial score (nSPS) is 14.6. The standard InChI is InChI=1S/C23H23F3N4O2/c1-29-22(32)17-8-4-3-7-16(17)18(28-29)14-21(31)27-19-13-15(23(24,25)26)9-10-20(19)30-11-5-2-6-12-30/h3-4,7-10,13H,2,5-6,11-12,14H2,1H3,(H,27,31). The van der Waals surface area contributed by atoms with Crippen LogP contribution in [0.15, 0.2) is 47.3 Å². The number of aryl methyl sites for hydroxylation is 1. The molecular formula is C23H23F3N4O2. The smallest absolute Gasteiger partial charge is 0.370 e. The number of nitrogens with zero attached hydrogens (tertiary/aromatic N) is 3. The Morgan fingerprint density at radius 3 is 2.44 bits per heavy atom. The molecule has 0 radical (unpaired) electrons. The Bertz CT molecular complexity index is 1210. The lowest BCUT2D eigenvalue weighted by Gasteiger charge is -2.31. The molecule has 2 heterocycles. The summed E-state index contributed by atoms with van der Waals surface area (Å²) in [5.41, 5.74) is -0.0221. The van der Waals surface area contributed by atoms with Gasteiger partial charge in [0.25, 0.3) is 5.56 Å². The van der Waals surface area contributed by atoms with Crippen LogP contribution < -0.4 is 15.8 Å². The van der Waals surface area contributed by atoms with Crippen LogP contribution >= 0.6 is 0 Å². The van der Waals surface area contributed by atoms with Gasteiger partial charge in [-0.3, -0.25) is 9.59 Å². The molecule has 0 saturated carbocycles. The number of anilines is 2. The van der Waals surface area contributed by atoms with E-state index in [9.17, 15) is 22.8 Å². The van der Waals surface area contributed by atoms with Gasteiger partial charge in [0.2, 0.25) is 5.91 Å². The van der Waals surface area contributed by atoms with E-state index in [0.29, 0.717) is 22.2 Å². The lowest BCUT2D eigenvalue weighted by molar-refractivity contribution is -0.137. The highest BCUT2D eigenvalue weighted by Crippen LogP contribution is 2.36. The van der Waals surface area contributed by atoms with E-state index in [1.54, 1.807) is 24.3 Å². The zero-order valence-corrected chi connectivity index (χ0v) is 17.6. The second-order valence-corrected chi connectivity index (χ2v) is 7.92. The van der Waals surface area contributed by atoms with Crippen LogP contribution in [-0.2, 0) is 24.4 Å². The molecule has 1 amide bonds. The summed E-state index contributed by atoms with van der Waals surface area (Å²) in [6, 6.07) is 10.3. The molecule has 0 unspecified atom stereocenters. The zero-order valence-electron chi connectivity index (χ0n) is 17.6. The van der Waals surface area contributed by atoms with E-state index in [1.807, 2.05) is 4.90 Å². The molecule has 1 aliphatic rings. The minimum Gasteiger partial charge on any atom is -0.370 e. The highest BCUT2D eigenvalue weighted by molar-refractivity contribution is 5.97. The summed E-state index contributed by atoms with van der Waals surface area (Å²) in [6.45, 7) is 1.45. The van der Waals surface area contributed by atoms with Crippen molar-refractivity contribution in [2.45, 2.75) is 31.9 Å². The van der Waals surface area contributed by atoms with Gasteiger partial charge in [-0.1, -0.05) is 18.2 Å². The van der Waals surface area contributed by atoms with Crippen LogP contribution in [0.1, 0.15) is 30.5 Å². The molecule has 0 aliphatic carbocycles. The Kier molecular flexibility index (Phi) is 5.90. The van der Waals surface area contributed by atoms with E-state index in [1.165, 1.54) is 13.1 Å². The third-order valence-corrected chi connectivity index (χ3v) is 5.66. The highest BCUT2D eigenvalue weighted by Gasteiger charge is 2.32. The van der Waals surface area contributed by atoms with Crippen molar-refractivity contribution in [3.8, 4) is 0 Å². The summed E-state index contributed by atoms with van der Waals surface area (Å²) in [6.07, 6.45) is -1.73. The first-order valence-corrected chi connectivity index (χ1v) is 10.4. The fraction of sp³-hybridized carbons (Fsp3) is 0.348. The largest absolute Gasteiger partial charge is 0.416 e. The summed E-state index contributed by atoms with van der Waals surface area (Å²) in [4.78, 5) is 27.2. The Balaban J connectivity index is 1.66. The maximum atomic E-state index is 13.3. The molecule has 0 atom stereocenters. The zero-order chi connectivity index (χ0) is 22.9. The first-order valence-electron chi connectivity index (χ1n) is 10.4. The first kappa shape index (κ1) is 21.9. The predicted octanol–water partition coefficient (Wildman–Crippen LogP) is 4.12. The number of piperidine rings is 1. The van der Waals surface area contributed by atoms with Crippen molar-refractivity contribution < 1.29 is 18.0 Å². The number of benzene rings is 2. The van der Waals surface area contributed by atoms with Gasteiger partial charge in [-0.15, -0.1) is 0 Å². The van der Waals surface area contributed by atoms with Crippen LogP contribution in [-0.4, -0.2) is 28.8 Å². The van der Waals surface area contributed by atoms with Crippen LogP contribution in [0.5, 0.6) is 0 Å². The minimum absolute atomic E-state index is 0.126. The summed E-state index contributed by atoms with van der Waals surface area (Å²) in [7, 11) is 1.50. The third-order valence-electron chi connectivity index (χ3n) is 5.66. The number of halogens is 3. The maximum Gasteiger partial charge on any atom is 0.416 e. The van der Waals surface area contributed by atoms with Gasteiger partial charge in [0.1, 0.15) is 0 Å². The summed E-state index contributed by atoms with van der Waals surface area (Å²) in [5.74, 6) is -0.501. The Morgan fingerprint density at radius 2 is 1.75 bits per heavy atom. The molecule has 6 nitrogen and oxygen atoms in total. The molecular weight excluding hydrogens is 421 g/mol. The number of hydrogen-bond acceptors (Lipinski definition) is 4. The number of aromatic nitrogens is 2. The van der Waals surface area contributed by atoms with Crippen molar-refractivity contribution >= 4 is 28.1 Å². The van der Waals surface area contributed by atoms with E-state index >= 15 is 0 Å². The van der Waals surface area contributed by atoms with E-state index < -0.39 is 17.6 Å². The number of carbonyl (C=O) groups excluding carboxylic acids is 1. The minimum atomic E-state index is -4.52. The molecule has 4 rings (SSSR count). The average Bonchev–Trinajstić information content (AvgIpc) is 2.77. The fourth-order valence-electron chi connectivity index (χ4n) is 4.08. The molecule has 1 aromatic heterocycles. The monoisotopic (exact) mass is 444 g/mol. The van der Waals surface area contributed by atoms with Gasteiger partial charge in [0, 0.05) is 25.5 Å². The van der Waals surface area contributed by atoms with Gasteiger partial charge in [-0.25, -0.2) is 4.68 Å². The second-order valence-electron chi connectivity index (χ2n) is 7.92. The van der Waals surface area contributed by atoms with Gasteiger partial charge in [0.15, 0.2) is 0 Å². The Labute approximate surface area is 182 Å². The number of carbonyl (C=O) groups is 1. The number of amides is 1. The molecule has 1 fully saturated rings. The van der Waals surface area contributed by atoms with Crippen molar-refractivity contribution in [2.75, 3.05) is 23.3 Å². The molecule has 9 heteroatoms. The number of rotatable bonds is 4. The Morgan fingerprint density at radius 1 is 1.06 bits per heavy atom. The molecule has 168 valence electrons. The molecule has 2 aromatic carbocycles. The molecule has 1 saturated heterocycles. The second kappa shape index (κ2) is 8.64. The summed E-state index contributed by atoms with van der Waals surface area (Å²) >= 11 is 0. The van der Waals surface area contributed by atoms with Crippen molar-refractivity contribution in [3.63, 3.8) is 0 Å². The number of fused-ring (bicyclic) bond motifs is 1. The van der Waals surface area contributed by atoms with Gasteiger partial charge in [0.05, 0.1) is 34.4 Å². The topological polar surface area (TPSA) is 67.2 Å². The van der Waals surface area contributed by atoms with Crippen LogP contribution in [0.25, 0.3) is 10.8 Å². The van der Waals surface area contributed by atoms with Gasteiger partial charge >= 0.3 is 6.18 Å². The highest BCUT2D eigenvalue weighted by atomic mass is 19.4. The number of nitrogens with one attached hydrogen (secondary N) is 1. The van der Waals surface area contributed by atoms with Gasteiger partial charge in [-0.05, 0) is 43.5 Å². The number of hydrogen-bond donors (Lipinski definition) is 1. The van der Waals surface area contributed by atoms with Crippen LogP contribution in [0.3, 0.4) is 0 Å². The fourth-order valence-corrected chi connectivity index (χ4v) is 4.08. The lowest BCUT2D eigenvalue weighted by Crippen LogP contribution is -2.31. The van der Waals surface area contributed by atoms with Crippen LogP contribution in [0, 0.1) is 0 Å². The molecule has 3 aromatic rings. The van der Waals surface area contributed by atoms with Crippen molar-refractivity contribution in [1.82, 2.24) is 9.78 Å². The lowest BCUT2D eigenvalue weighted by atomic mass is 10.1. The molecule has 1 N–H and O–H groups in total. The molecule has 0 bridgehead atoms. The summed E-state index contributed by atoms with van der Waals surface area (Å²) < 4.78 is 41.1. The van der Waals surface area contributed by atoms with Gasteiger partial charge in [-0.2, -0.15) is 18.3 Å². The van der Waals surface area contributed by atoms with Crippen LogP contribution in [0.2, 0.25) is 0 Å². The Hall–Kier alpha value is -3.36. The molecule has 1 aliphatic heterocycles.